The molecule has 1 aromatic rings. The average Bonchev–Trinajstić information content (AvgIpc) is 2.67. The Bertz CT molecular complexity index is 301. The largest absolute Gasteiger partial charge is 0.372 e. The minimum absolute atomic E-state index is 0.0682. The number of aliphatic hydroxyl groups excluding tert-OH is 1. The Kier molecular flexibility index (Phi) is 3.11. The summed E-state index contributed by atoms with van der Waals surface area (Å²) in [4.78, 5) is 11.6. The molecule has 1 rings (SSSR count). The molecule has 1 N–H and O–H groups in total. The highest BCUT2D eigenvalue weighted by atomic mass is 16.3. The molecule has 1 heterocycles. The molecule has 1 aromatic heterocycles. The maximum absolute atomic E-state index is 11.6. The van der Waals surface area contributed by atoms with E-state index in [1.165, 1.54) is 0 Å². The van der Waals surface area contributed by atoms with Gasteiger partial charge in [-0.15, -0.1) is 0 Å². The molecule has 0 aromatic carbocycles. The third-order valence-corrected chi connectivity index (χ3v) is 2.60. The third kappa shape index (κ3) is 1.87. The van der Waals surface area contributed by atoms with Crippen LogP contribution in [-0.2, 0) is 4.79 Å². The number of hydrogen-bond donors (Lipinski definition) is 1. The molecule has 78 valence electrons. The second-order valence-corrected chi connectivity index (χ2v) is 4.00. The van der Waals surface area contributed by atoms with E-state index in [0.29, 0.717) is 6.42 Å². The molecule has 0 spiro atoms. The van der Waals surface area contributed by atoms with E-state index in [4.69, 9.17) is 0 Å². The lowest BCUT2D eigenvalue weighted by Crippen LogP contribution is -2.34. The number of hydrogen-bond acceptors (Lipinski definition) is 2. The van der Waals surface area contributed by atoms with Gasteiger partial charge in [-0.2, -0.15) is 0 Å². The summed E-state index contributed by atoms with van der Waals surface area (Å²) in [6.07, 6.45) is 3.18. The van der Waals surface area contributed by atoms with Crippen molar-refractivity contribution >= 4 is 5.78 Å². The molecule has 1 atom stereocenters. The molecule has 0 bridgehead atoms. The summed E-state index contributed by atoms with van der Waals surface area (Å²) in [7, 11) is 0. The van der Waals surface area contributed by atoms with E-state index in [0.717, 1.165) is 0 Å². The topological polar surface area (TPSA) is 42.2 Å². The first-order valence-corrected chi connectivity index (χ1v) is 4.84. The summed E-state index contributed by atoms with van der Waals surface area (Å²) in [5, 5.41) is 9.98. The summed E-state index contributed by atoms with van der Waals surface area (Å²) in [6, 6.07) is 3.66. The quantitative estimate of drug-likeness (QED) is 0.798. The van der Waals surface area contributed by atoms with Gasteiger partial charge in [0.25, 0.3) is 0 Å². The van der Waals surface area contributed by atoms with Gasteiger partial charge >= 0.3 is 0 Å². The van der Waals surface area contributed by atoms with Crippen LogP contribution in [0, 0.1) is 5.41 Å². The Balaban J connectivity index is 2.88. The smallest absolute Gasteiger partial charge is 0.142 e. The summed E-state index contributed by atoms with van der Waals surface area (Å²) >= 11 is 0. The molecule has 0 saturated heterocycles. The molecule has 3 heteroatoms. The van der Waals surface area contributed by atoms with Crippen LogP contribution >= 0.6 is 0 Å². The van der Waals surface area contributed by atoms with Crippen molar-refractivity contribution in [2.24, 2.45) is 5.41 Å². The molecule has 0 aliphatic carbocycles. The zero-order valence-corrected chi connectivity index (χ0v) is 8.90. The fourth-order valence-electron chi connectivity index (χ4n) is 1.48. The van der Waals surface area contributed by atoms with Crippen molar-refractivity contribution in [1.82, 2.24) is 4.57 Å². The van der Waals surface area contributed by atoms with Gasteiger partial charge in [-0.3, -0.25) is 4.79 Å². The van der Waals surface area contributed by atoms with E-state index in [1.807, 2.05) is 19.1 Å². The summed E-state index contributed by atoms with van der Waals surface area (Å²) < 4.78 is 1.65. The van der Waals surface area contributed by atoms with Gasteiger partial charge in [0.1, 0.15) is 12.0 Å². The van der Waals surface area contributed by atoms with Gasteiger partial charge in [0.05, 0.1) is 5.41 Å². The van der Waals surface area contributed by atoms with Crippen molar-refractivity contribution in [1.29, 1.82) is 0 Å². The minimum atomic E-state index is -0.787. The van der Waals surface area contributed by atoms with E-state index in [1.54, 1.807) is 30.8 Å². The molecule has 0 saturated carbocycles. The van der Waals surface area contributed by atoms with Crippen molar-refractivity contribution in [3.05, 3.63) is 24.5 Å². The predicted molar refractivity (Wildman–Crippen MR) is 54.8 cm³/mol. The molecule has 0 fully saturated rings. The van der Waals surface area contributed by atoms with Crippen LogP contribution in [0.3, 0.4) is 0 Å². The number of carbonyl (C=O) groups excluding carboxylic acids is 1. The van der Waals surface area contributed by atoms with Crippen LogP contribution in [0.5, 0.6) is 0 Å². The maximum Gasteiger partial charge on any atom is 0.142 e. The van der Waals surface area contributed by atoms with Crippen LogP contribution < -0.4 is 0 Å². The van der Waals surface area contributed by atoms with Gasteiger partial charge in [0.15, 0.2) is 0 Å². The first-order valence-electron chi connectivity index (χ1n) is 4.84. The normalized spacial score (nSPS) is 14.0. The van der Waals surface area contributed by atoms with Crippen LogP contribution in [0.1, 0.15) is 33.4 Å². The van der Waals surface area contributed by atoms with Crippen LogP contribution in [0.15, 0.2) is 24.5 Å². The van der Waals surface area contributed by atoms with Crippen molar-refractivity contribution in [3.63, 3.8) is 0 Å². The Labute approximate surface area is 84.4 Å². The van der Waals surface area contributed by atoms with Gasteiger partial charge in [-0.25, -0.2) is 0 Å². The van der Waals surface area contributed by atoms with Crippen LogP contribution in [-0.4, -0.2) is 15.5 Å². The van der Waals surface area contributed by atoms with Crippen molar-refractivity contribution < 1.29 is 9.90 Å². The van der Waals surface area contributed by atoms with E-state index in [9.17, 15) is 9.90 Å². The van der Waals surface area contributed by atoms with Crippen molar-refractivity contribution in [2.75, 3.05) is 0 Å². The maximum atomic E-state index is 11.6. The highest BCUT2D eigenvalue weighted by molar-refractivity contribution is 5.84. The lowest BCUT2D eigenvalue weighted by Gasteiger charge is -2.29. The van der Waals surface area contributed by atoms with E-state index in [2.05, 4.69) is 0 Å². The summed E-state index contributed by atoms with van der Waals surface area (Å²) in [6.45, 7) is 5.35. The molecular weight excluding hydrogens is 178 g/mol. The zero-order chi connectivity index (χ0) is 10.8. The number of ketones is 1. The van der Waals surface area contributed by atoms with Crippen LogP contribution in [0.2, 0.25) is 0 Å². The Morgan fingerprint density at radius 1 is 1.43 bits per heavy atom. The van der Waals surface area contributed by atoms with E-state index < -0.39 is 11.6 Å². The van der Waals surface area contributed by atoms with Gasteiger partial charge in [-0.05, 0) is 26.0 Å². The van der Waals surface area contributed by atoms with Crippen molar-refractivity contribution in [2.45, 2.75) is 33.4 Å². The second kappa shape index (κ2) is 3.96. The minimum Gasteiger partial charge on any atom is -0.372 e. The van der Waals surface area contributed by atoms with E-state index >= 15 is 0 Å². The number of rotatable bonds is 4. The lowest BCUT2D eigenvalue weighted by atomic mass is 9.84. The SMILES string of the molecule is CCC(=O)C(C)(C)[C@@H](O)n1cccc1. The van der Waals surface area contributed by atoms with Gasteiger partial charge in [0, 0.05) is 18.8 Å². The monoisotopic (exact) mass is 195 g/mol. The fourth-order valence-corrected chi connectivity index (χ4v) is 1.48. The number of aliphatic hydroxyl groups is 1. The summed E-state index contributed by atoms with van der Waals surface area (Å²) in [5.74, 6) is 0.0682. The first-order chi connectivity index (χ1) is 6.50. The van der Waals surface area contributed by atoms with Crippen LogP contribution in [0.25, 0.3) is 0 Å². The number of aromatic nitrogens is 1. The zero-order valence-electron chi connectivity index (χ0n) is 8.90. The van der Waals surface area contributed by atoms with Crippen LogP contribution in [0.4, 0.5) is 0 Å². The summed E-state index contributed by atoms with van der Waals surface area (Å²) in [5.41, 5.74) is -0.728. The molecule has 0 aliphatic heterocycles. The molecular formula is C11H17NO2. The molecule has 14 heavy (non-hydrogen) atoms. The molecule has 3 nitrogen and oxygen atoms in total. The standard InChI is InChI=1S/C11H17NO2/c1-4-9(13)11(2,3)10(14)12-7-5-6-8-12/h5-8,10,14H,4H2,1-3H3/t10-/m1/s1. The highest BCUT2D eigenvalue weighted by Crippen LogP contribution is 2.30. The van der Waals surface area contributed by atoms with Gasteiger partial charge < -0.3 is 9.67 Å². The highest BCUT2D eigenvalue weighted by Gasteiger charge is 2.34. The Morgan fingerprint density at radius 2 is 1.93 bits per heavy atom. The third-order valence-electron chi connectivity index (χ3n) is 2.60. The predicted octanol–water partition coefficient (Wildman–Crippen LogP) is 1.98. The number of Topliss-reactive ketones (excluding diaryl/α,β-unsaturated/α-hetero) is 1. The Hall–Kier alpha value is -1.09. The van der Waals surface area contributed by atoms with Crippen molar-refractivity contribution in [3.8, 4) is 0 Å². The average molecular weight is 195 g/mol. The fraction of sp³-hybridized carbons (Fsp3) is 0.545. The van der Waals surface area contributed by atoms with E-state index in [-0.39, 0.29) is 5.78 Å². The number of carbonyl (C=O) groups is 1. The molecule has 0 unspecified atom stereocenters. The molecule has 0 radical (unpaired) electrons. The second-order valence-electron chi connectivity index (χ2n) is 4.00. The van der Waals surface area contributed by atoms with Gasteiger partial charge in [0.2, 0.25) is 0 Å². The Morgan fingerprint density at radius 3 is 2.36 bits per heavy atom. The molecule has 0 aliphatic rings. The number of nitrogens with zero attached hydrogens (tertiary/aromatic N) is 1. The molecule has 0 amide bonds. The first kappa shape index (κ1) is 11.0. The lowest BCUT2D eigenvalue weighted by molar-refractivity contribution is -0.137. The van der Waals surface area contributed by atoms with Gasteiger partial charge in [-0.1, -0.05) is 6.92 Å².